The Morgan fingerprint density at radius 1 is 1.03 bits per heavy atom. The van der Waals surface area contributed by atoms with Gasteiger partial charge in [-0.3, -0.25) is 14.7 Å². The topological polar surface area (TPSA) is 184 Å². The van der Waals surface area contributed by atoms with Crippen LogP contribution in [0.5, 0.6) is 0 Å². The molecule has 59 heavy (non-hydrogen) atoms. The number of nitrogens with zero attached hydrogens (tertiary/aromatic N) is 3. The summed E-state index contributed by atoms with van der Waals surface area (Å²) < 4.78 is 32.0. The van der Waals surface area contributed by atoms with Crippen molar-refractivity contribution < 1.29 is 54.0 Å². The van der Waals surface area contributed by atoms with Crippen LogP contribution >= 0.6 is 0 Å². The zero-order chi connectivity index (χ0) is 44.2. The highest BCUT2D eigenvalue weighted by Crippen LogP contribution is 2.45. The van der Waals surface area contributed by atoms with Gasteiger partial charge in [0.15, 0.2) is 6.29 Å². The molecule has 1 unspecified atom stereocenters. The number of aromatic nitrogens is 1. The molecule has 4 rings (SSSR count). The van der Waals surface area contributed by atoms with E-state index in [2.05, 4.69) is 9.88 Å². The fourth-order valence-corrected chi connectivity index (χ4v) is 10.2. The summed E-state index contributed by atoms with van der Waals surface area (Å²) in [6.07, 6.45) is 0.562. The lowest BCUT2D eigenvalue weighted by Crippen LogP contribution is -2.62. The molecule has 5 N–H and O–H groups in total. The van der Waals surface area contributed by atoms with Gasteiger partial charge in [0.1, 0.15) is 30.0 Å². The van der Waals surface area contributed by atoms with Crippen molar-refractivity contribution in [1.29, 1.82) is 0 Å². The number of carbonyl (C=O) groups is 1. The number of aliphatic hydroxyl groups is 5. The van der Waals surface area contributed by atoms with Gasteiger partial charge in [0.05, 0.1) is 41.5 Å². The number of esters is 1. The van der Waals surface area contributed by atoms with E-state index in [4.69, 9.17) is 23.7 Å². The summed E-state index contributed by atoms with van der Waals surface area (Å²) in [5.74, 6) is -3.01. The standard InChI is InChI=1S/C45H77N3O11/c1-14-35-45(10,54)38(50)30(6)48(12)25-26(2)22-43(8,53)40(28(4)36(29(5)41(52)58-35)34-23-44(9,55-13)39(51)31(7)57-34)59-42-37(49)33(21-27(3)56-42)47(11)20-16-18-32-17-15-19-46-24-32/h15-19,24,26-31,33-40,42,49-51,53-54H,14,20-23,25H2,1-13H3/b18-16+/t26-,27-,28+,29-,30-,31+,33+,34?,35-,36+,37-,38-,39+,40-,42+,43-,44-,45-/m1/s1. The Hall–Kier alpha value is -2.08. The quantitative estimate of drug-likeness (QED) is 0.227. The Labute approximate surface area is 353 Å². The fourth-order valence-electron chi connectivity index (χ4n) is 10.2. The van der Waals surface area contributed by atoms with Gasteiger partial charge in [-0.15, -0.1) is 0 Å². The molecule has 0 aliphatic carbocycles. The normalized spacial score (nSPS) is 45.2. The van der Waals surface area contributed by atoms with Gasteiger partial charge in [0.2, 0.25) is 0 Å². The van der Waals surface area contributed by atoms with Crippen molar-refractivity contribution in [3.05, 3.63) is 36.2 Å². The van der Waals surface area contributed by atoms with E-state index in [1.54, 1.807) is 40.1 Å². The first kappa shape index (κ1) is 49.6. The molecule has 338 valence electrons. The van der Waals surface area contributed by atoms with Gasteiger partial charge in [-0.1, -0.05) is 45.9 Å². The van der Waals surface area contributed by atoms with Crippen molar-refractivity contribution >= 4 is 12.0 Å². The smallest absolute Gasteiger partial charge is 0.309 e. The third kappa shape index (κ3) is 11.5. The van der Waals surface area contributed by atoms with E-state index in [0.717, 1.165) is 5.56 Å². The van der Waals surface area contributed by atoms with Crippen molar-refractivity contribution in [3.63, 3.8) is 0 Å². The van der Waals surface area contributed by atoms with E-state index >= 15 is 0 Å². The highest BCUT2D eigenvalue weighted by Gasteiger charge is 2.55. The number of ether oxygens (including phenoxy) is 5. The van der Waals surface area contributed by atoms with Crippen molar-refractivity contribution in [2.45, 2.75) is 179 Å². The third-order valence-electron chi connectivity index (χ3n) is 13.8. The first-order chi connectivity index (χ1) is 27.5. The first-order valence-corrected chi connectivity index (χ1v) is 21.7. The monoisotopic (exact) mass is 836 g/mol. The summed E-state index contributed by atoms with van der Waals surface area (Å²) in [5, 5.41) is 59.5. The number of hydrogen-bond acceptors (Lipinski definition) is 14. The van der Waals surface area contributed by atoms with Crippen LogP contribution in [0.2, 0.25) is 0 Å². The lowest BCUT2D eigenvalue weighted by Gasteiger charge is -2.51. The molecule has 0 aromatic carbocycles. The summed E-state index contributed by atoms with van der Waals surface area (Å²) in [6.45, 7) is 19.0. The number of rotatable bonds is 9. The number of pyridine rings is 1. The summed E-state index contributed by atoms with van der Waals surface area (Å²) in [7, 11) is 5.34. The van der Waals surface area contributed by atoms with Crippen LogP contribution in [-0.2, 0) is 28.5 Å². The second-order valence-electron chi connectivity index (χ2n) is 18.9. The SMILES string of the molecule is CC[C@H]1OC(=O)[C@H](C)[C@@H](C2C[C@@](C)(OC)[C@@H](O)[C@H](C)O2)[C@H](C)[C@@H](O[C@@H]2O[C@H](C)C[C@H](N(C)C/C=C/c3cccnc3)[C@H]2O)[C@](C)(O)C[C@@H](C)CN(C)[C@H](C)[C@@H](O)[C@]1(C)O. The summed E-state index contributed by atoms with van der Waals surface area (Å²) in [6, 6.07) is 2.96. The van der Waals surface area contributed by atoms with E-state index in [0.29, 0.717) is 19.5 Å². The molecular formula is C45H77N3O11. The number of likely N-dealkylation sites (N-methyl/N-ethyl adjacent to an activating group) is 2. The zero-order valence-corrected chi connectivity index (χ0v) is 37.9. The van der Waals surface area contributed by atoms with Crippen LogP contribution in [0.1, 0.15) is 100 Å². The molecule has 3 saturated heterocycles. The lowest BCUT2D eigenvalue weighted by molar-refractivity contribution is -0.302. The van der Waals surface area contributed by atoms with Gasteiger partial charge in [0.25, 0.3) is 0 Å². The Morgan fingerprint density at radius 3 is 2.32 bits per heavy atom. The largest absolute Gasteiger partial charge is 0.459 e. The maximum absolute atomic E-state index is 14.5. The Balaban J connectivity index is 1.79. The molecule has 14 heteroatoms. The third-order valence-corrected chi connectivity index (χ3v) is 13.8. The summed E-state index contributed by atoms with van der Waals surface area (Å²) >= 11 is 0. The van der Waals surface area contributed by atoms with E-state index < -0.39 is 95.6 Å². The van der Waals surface area contributed by atoms with Crippen LogP contribution in [0.3, 0.4) is 0 Å². The maximum atomic E-state index is 14.5. The van der Waals surface area contributed by atoms with Crippen molar-refractivity contribution in [2.24, 2.45) is 23.7 Å². The van der Waals surface area contributed by atoms with Crippen LogP contribution in [0.25, 0.3) is 6.08 Å². The molecule has 4 heterocycles. The van der Waals surface area contributed by atoms with Crippen molar-refractivity contribution in [2.75, 3.05) is 34.3 Å². The molecule has 0 bridgehead atoms. The van der Waals surface area contributed by atoms with E-state index in [-0.39, 0.29) is 37.3 Å². The first-order valence-electron chi connectivity index (χ1n) is 21.7. The summed E-state index contributed by atoms with van der Waals surface area (Å²) in [5.41, 5.74) is -3.41. The lowest BCUT2D eigenvalue weighted by atomic mass is 9.68. The van der Waals surface area contributed by atoms with E-state index in [1.165, 1.54) is 14.0 Å². The molecule has 1 aromatic heterocycles. The predicted octanol–water partition coefficient (Wildman–Crippen LogP) is 3.65. The molecular weight excluding hydrogens is 759 g/mol. The molecule has 3 aliphatic heterocycles. The van der Waals surface area contributed by atoms with Crippen LogP contribution in [0.15, 0.2) is 30.6 Å². The van der Waals surface area contributed by atoms with Crippen LogP contribution in [0.4, 0.5) is 0 Å². The number of cyclic esters (lactones) is 1. The van der Waals surface area contributed by atoms with Gasteiger partial charge >= 0.3 is 5.97 Å². The van der Waals surface area contributed by atoms with E-state index in [9.17, 15) is 30.3 Å². The molecule has 3 fully saturated rings. The zero-order valence-electron chi connectivity index (χ0n) is 37.9. The highest BCUT2D eigenvalue weighted by atomic mass is 16.7. The minimum atomic E-state index is -1.79. The van der Waals surface area contributed by atoms with Crippen molar-refractivity contribution in [3.8, 4) is 0 Å². The number of carbonyl (C=O) groups excluding carboxylic acids is 1. The average molecular weight is 836 g/mol. The second kappa shape index (κ2) is 20.4. The van der Waals surface area contributed by atoms with Crippen LogP contribution in [0, 0.1) is 23.7 Å². The Morgan fingerprint density at radius 2 is 1.71 bits per heavy atom. The molecule has 0 radical (unpaired) electrons. The Bertz CT molecular complexity index is 1500. The molecule has 18 atom stereocenters. The summed E-state index contributed by atoms with van der Waals surface area (Å²) in [4.78, 5) is 22.7. The average Bonchev–Trinajstić information content (AvgIpc) is 3.17. The minimum Gasteiger partial charge on any atom is -0.459 e. The van der Waals surface area contributed by atoms with Crippen LogP contribution in [-0.4, -0.2) is 165 Å². The molecule has 0 spiro atoms. The van der Waals surface area contributed by atoms with Gasteiger partial charge < -0.3 is 54.1 Å². The molecule has 1 aromatic rings. The van der Waals surface area contributed by atoms with Crippen LogP contribution < -0.4 is 0 Å². The number of methoxy groups -OCH3 is 1. The van der Waals surface area contributed by atoms with Gasteiger partial charge in [0, 0.05) is 57.0 Å². The molecule has 0 amide bonds. The number of hydrogen-bond donors (Lipinski definition) is 5. The molecule has 3 aliphatic rings. The molecule has 14 nitrogen and oxygen atoms in total. The molecule has 0 saturated carbocycles. The minimum absolute atomic E-state index is 0.145. The Kier molecular flexibility index (Phi) is 17.1. The van der Waals surface area contributed by atoms with Gasteiger partial charge in [-0.05, 0) is 98.4 Å². The van der Waals surface area contributed by atoms with Crippen molar-refractivity contribution in [1.82, 2.24) is 14.8 Å². The maximum Gasteiger partial charge on any atom is 0.309 e. The second-order valence-corrected chi connectivity index (χ2v) is 18.9. The number of aliphatic hydroxyl groups excluding tert-OH is 3. The predicted molar refractivity (Wildman–Crippen MR) is 225 cm³/mol. The fraction of sp³-hybridized carbons (Fsp3) is 0.822. The highest BCUT2D eigenvalue weighted by molar-refractivity contribution is 5.73. The van der Waals surface area contributed by atoms with Gasteiger partial charge in [-0.25, -0.2) is 0 Å². The van der Waals surface area contributed by atoms with Gasteiger partial charge in [-0.2, -0.15) is 0 Å². The van der Waals surface area contributed by atoms with E-state index in [1.807, 2.05) is 77.9 Å².